The molecule has 94 valence electrons. The van der Waals surface area contributed by atoms with Crippen molar-refractivity contribution < 1.29 is 23.8 Å². The average Bonchev–Trinajstić information content (AvgIpc) is 2.26. The molecule has 0 saturated heterocycles. The minimum Gasteiger partial charge on any atom is -0.465 e. The van der Waals surface area contributed by atoms with E-state index in [0.717, 1.165) is 0 Å². The third kappa shape index (κ3) is 3.20. The number of methoxy groups -OCH3 is 1. The van der Waals surface area contributed by atoms with Gasteiger partial charge in [-0.25, -0.2) is 0 Å². The molecule has 0 spiro atoms. The van der Waals surface area contributed by atoms with Gasteiger partial charge in [0.1, 0.15) is 0 Å². The van der Waals surface area contributed by atoms with Crippen LogP contribution in [0.3, 0.4) is 0 Å². The molecule has 0 aromatic carbocycles. The average molecular weight is 232 g/mol. The van der Waals surface area contributed by atoms with E-state index in [1.165, 1.54) is 7.11 Å². The molecule has 0 rings (SSSR count). The van der Waals surface area contributed by atoms with E-state index in [4.69, 9.17) is 14.2 Å². The zero-order chi connectivity index (χ0) is 12.6. The van der Waals surface area contributed by atoms with Crippen molar-refractivity contribution in [1.82, 2.24) is 0 Å². The van der Waals surface area contributed by atoms with Crippen molar-refractivity contribution >= 4 is 11.9 Å². The first-order chi connectivity index (χ1) is 7.58. The topological polar surface area (TPSA) is 61.8 Å². The Labute approximate surface area is 96.1 Å². The van der Waals surface area contributed by atoms with Gasteiger partial charge in [-0.1, -0.05) is 6.92 Å². The number of esters is 2. The van der Waals surface area contributed by atoms with Gasteiger partial charge in [-0.15, -0.1) is 0 Å². The van der Waals surface area contributed by atoms with E-state index >= 15 is 0 Å². The van der Waals surface area contributed by atoms with Crippen LogP contribution in [0.1, 0.15) is 27.2 Å². The maximum atomic E-state index is 11.8. The van der Waals surface area contributed by atoms with Crippen LogP contribution < -0.4 is 0 Å². The van der Waals surface area contributed by atoms with Gasteiger partial charge in [-0.3, -0.25) is 9.59 Å². The fourth-order valence-corrected chi connectivity index (χ4v) is 1.38. The standard InChI is InChI=1S/C11H20O5/c1-5-11(8-14-4,9(12)15-6-2)10(13)16-7-3/h5-8H2,1-4H3. The van der Waals surface area contributed by atoms with Gasteiger partial charge in [-0.2, -0.15) is 0 Å². The van der Waals surface area contributed by atoms with Crippen molar-refractivity contribution in [3.05, 3.63) is 0 Å². The predicted molar refractivity (Wildman–Crippen MR) is 57.9 cm³/mol. The van der Waals surface area contributed by atoms with Gasteiger partial charge in [0, 0.05) is 7.11 Å². The van der Waals surface area contributed by atoms with Crippen molar-refractivity contribution in [2.45, 2.75) is 27.2 Å². The quantitative estimate of drug-likeness (QED) is 0.487. The fraction of sp³-hybridized carbons (Fsp3) is 0.818. The minimum atomic E-state index is -1.33. The maximum Gasteiger partial charge on any atom is 0.325 e. The van der Waals surface area contributed by atoms with Crippen molar-refractivity contribution in [2.75, 3.05) is 26.9 Å². The van der Waals surface area contributed by atoms with Crippen LogP contribution in [0.5, 0.6) is 0 Å². The Morgan fingerprint density at radius 3 is 1.69 bits per heavy atom. The van der Waals surface area contributed by atoms with Crippen LogP contribution >= 0.6 is 0 Å². The fourth-order valence-electron chi connectivity index (χ4n) is 1.38. The summed E-state index contributed by atoms with van der Waals surface area (Å²) < 4.78 is 14.7. The van der Waals surface area contributed by atoms with Gasteiger partial charge >= 0.3 is 11.9 Å². The molecule has 0 fully saturated rings. The molecule has 0 atom stereocenters. The third-order valence-corrected chi connectivity index (χ3v) is 2.33. The molecule has 0 amide bonds. The van der Waals surface area contributed by atoms with E-state index < -0.39 is 17.4 Å². The normalized spacial score (nSPS) is 11.0. The zero-order valence-corrected chi connectivity index (χ0v) is 10.4. The summed E-state index contributed by atoms with van der Waals surface area (Å²) >= 11 is 0. The molecule has 16 heavy (non-hydrogen) atoms. The molecule has 0 bridgehead atoms. The molecule has 0 N–H and O–H groups in total. The summed E-state index contributed by atoms with van der Waals surface area (Å²) in [6.45, 7) is 5.54. The van der Waals surface area contributed by atoms with Crippen molar-refractivity contribution in [1.29, 1.82) is 0 Å². The van der Waals surface area contributed by atoms with Gasteiger partial charge in [-0.05, 0) is 20.3 Å². The summed E-state index contributed by atoms with van der Waals surface area (Å²) in [5.41, 5.74) is -1.33. The molecular formula is C11H20O5. The molecule has 5 nitrogen and oxygen atoms in total. The number of ether oxygens (including phenoxy) is 3. The van der Waals surface area contributed by atoms with Crippen LogP contribution in [0, 0.1) is 5.41 Å². The molecular weight excluding hydrogens is 212 g/mol. The lowest BCUT2D eigenvalue weighted by molar-refractivity contribution is -0.176. The molecule has 0 aliphatic heterocycles. The Morgan fingerprint density at radius 2 is 1.44 bits per heavy atom. The van der Waals surface area contributed by atoms with E-state index in [1.54, 1.807) is 20.8 Å². The van der Waals surface area contributed by atoms with Crippen molar-refractivity contribution in [3.63, 3.8) is 0 Å². The number of rotatable bonds is 7. The summed E-state index contributed by atoms with van der Waals surface area (Å²) in [7, 11) is 1.43. The second-order valence-electron chi connectivity index (χ2n) is 3.31. The first kappa shape index (κ1) is 14.9. The lowest BCUT2D eigenvalue weighted by Crippen LogP contribution is -2.45. The Morgan fingerprint density at radius 1 is 1.00 bits per heavy atom. The number of hydrogen-bond acceptors (Lipinski definition) is 5. The first-order valence-corrected chi connectivity index (χ1v) is 5.42. The van der Waals surface area contributed by atoms with Crippen LogP contribution in [0.2, 0.25) is 0 Å². The summed E-state index contributed by atoms with van der Waals surface area (Å²) in [5, 5.41) is 0. The van der Waals surface area contributed by atoms with Gasteiger partial charge in [0.05, 0.1) is 19.8 Å². The van der Waals surface area contributed by atoms with E-state index in [2.05, 4.69) is 0 Å². The Kier molecular flexibility index (Phi) is 6.72. The third-order valence-electron chi connectivity index (χ3n) is 2.33. The van der Waals surface area contributed by atoms with E-state index in [0.29, 0.717) is 6.42 Å². The number of hydrogen-bond donors (Lipinski definition) is 0. The Bertz CT molecular complexity index is 219. The maximum absolute atomic E-state index is 11.8. The van der Waals surface area contributed by atoms with E-state index in [-0.39, 0.29) is 19.8 Å². The van der Waals surface area contributed by atoms with Crippen molar-refractivity contribution in [2.24, 2.45) is 5.41 Å². The molecule has 0 aromatic heterocycles. The highest BCUT2D eigenvalue weighted by molar-refractivity contribution is 6.00. The van der Waals surface area contributed by atoms with Gasteiger partial charge in [0.15, 0.2) is 5.41 Å². The molecule has 0 heterocycles. The molecule has 0 aliphatic carbocycles. The summed E-state index contributed by atoms with van der Waals surface area (Å²) in [6.07, 6.45) is 0.290. The first-order valence-electron chi connectivity index (χ1n) is 5.42. The lowest BCUT2D eigenvalue weighted by Gasteiger charge is -2.26. The lowest BCUT2D eigenvalue weighted by atomic mass is 9.86. The summed E-state index contributed by atoms with van der Waals surface area (Å²) in [5.74, 6) is -1.17. The van der Waals surface area contributed by atoms with Gasteiger partial charge in [0.25, 0.3) is 0 Å². The zero-order valence-electron chi connectivity index (χ0n) is 10.4. The second-order valence-corrected chi connectivity index (χ2v) is 3.31. The van der Waals surface area contributed by atoms with Gasteiger partial charge in [0.2, 0.25) is 0 Å². The Balaban J connectivity index is 4.97. The smallest absolute Gasteiger partial charge is 0.325 e. The molecule has 5 heteroatoms. The number of carbonyl (C=O) groups excluding carboxylic acids is 2. The van der Waals surface area contributed by atoms with Crippen LogP contribution in [0.25, 0.3) is 0 Å². The predicted octanol–water partition coefficient (Wildman–Crippen LogP) is 1.16. The van der Waals surface area contributed by atoms with Crippen LogP contribution in [-0.4, -0.2) is 38.9 Å². The second kappa shape index (κ2) is 7.22. The highest BCUT2D eigenvalue weighted by Crippen LogP contribution is 2.26. The Hall–Kier alpha value is -1.10. The largest absolute Gasteiger partial charge is 0.465 e. The molecule has 0 aliphatic rings. The highest BCUT2D eigenvalue weighted by atomic mass is 16.6. The molecule has 0 saturated carbocycles. The molecule has 0 aromatic rings. The minimum absolute atomic E-state index is 0.0266. The van der Waals surface area contributed by atoms with E-state index in [1.807, 2.05) is 0 Å². The van der Waals surface area contributed by atoms with E-state index in [9.17, 15) is 9.59 Å². The number of carbonyl (C=O) groups is 2. The van der Waals surface area contributed by atoms with Gasteiger partial charge < -0.3 is 14.2 Å². The summed E-state index contributed by atoms with van der Waals surface area (Å²) in [4.78, 5) is 23.6. The monoisotopic (exact) mass is 232 g/mol. The van der Waals surface area contributed by atoms with Crippen LogP contribution in [0.4, 0.5) is 0 Å². The van der Waals surface area contributed by atoms with Crippen LogP contribution in [-0.2, 0) is 23.8 Å². The van der Waals surface area contributed by atoms with Crippen molar-refractivity contribution in [3.8, 4) is 0 Å². The highest BCUT2D eigenvalue weighted by Gasteiger charge is 2.47. The molecule has 0 unspecified atom stereocenters. The SMILES string of the molecule is CCOC(=O)C(CC)(COC)C(=O)OCC. The van der Waals surface area contributed by atoms with Crippen LogP contribution in [0.15, 0.2) is 0 Å². The molecule has 0 radical (unpaired) electrons. The summed E-state index contributed by atoms with van der Waals surface area (Å²) in [6, 6.07) is 0.